The Hall–Kier alpha value is -1.55. The standard InChI is InChI=1S/C16H22O4/c1-18-13-6-8-14(16(11-13)19-2)15(17)9-7-12-5-3-4-10-20-12/h6,8,11-12H,3-5,7,9-10H2,1-2H3. The van der Waals surface area contributed by atoms with E-state index in [0.717, 1.165) is 25.9 Å². The molecule has 1 atom stereocenters. The molecule has 0 radical (unpaired) electrons. The van der Waals surface area contributed by atoms with Crippen LogP contribution in [0.2, 0.25) is 0 Å². The molecule has 0 aromatic heterocycles. The highest BCUT2D eigenvalue weighted by molar-refractivity contribution is 5.98. The second-order valence-electron chi connectivity index (χ2n) is 5.02. The lowest BCUT2D eigenvalue weighted by atomic mass is 9.99. The Morgan fingerprint density at radius 2 is 2.15 bits per heavy atom. The van der Waals surface area contributed by atoms with E-state index in [0.29, 0.717) is 23.5 Å². The van der Waals surface area contributed by atoms with Crippen LogP contribution in [0.5, 0.6) is 11.5 Å². The van der Waals surface area contributed by atoms with Crippen molar-refractivity contribution in [2.24, 2.45) is 0 Å². The number of ether oxygens (including phenoxy) is 3. The van der Waals surface area contributed by atoms with Gasteiger partial charge >= 0.3 is 0 Å². The maximum Gasteiger partial charge on any atom is 0.166 e. The van der Waals surface area contributed by atoms with Crippen LogP contribution in [0, 0.1) is 0 Å². The smallest absolute Gasteiger partial charge is 0.166 e. The molecule has 1 unspecified atom stereocenters. The first-order chi connectivity index (χ1) is 9.74. The first-order valence-corrected chi connectivity index (χ1v) is 7.11. The van der Waals surface area contributed by atoms with Gasteiger partial charge in [-0.3, -0.25) is 4.79 Å². The molecule has 20 heavy (non-hydrogen) atoms. The van der Waals surface area contributed by atoms with Crippen molar-refractivity contribution in [3.05, 3.63) is 23.8 Å². The highest BCUT2D eigenvalue weighted by Gasteiger charge is 2.18. The van der Waals surface area contributed by atoms with Crippen molar-refractivity contribution in [1.29, 1.82) is 0 Å². The summed E-state index contributed by atoms with van der Waals surface area (Å²) in [5, 5.41) is 0. The average molecular weight is 278 g/mol. The predicted octanol–water partition coefficient (Wildman–Crippen LogP) is 3.24. The van der Waals surface area contributed by atoms with E-state index in [9.17, 15) is 4.79 Å². The van der Waals surface area contributed by atoms with Crippen LogP contribution >= 0.6 is 0 Å². The summed E-state index contributed by atoms with van der Waals surface area (Å²) in [5.41, 5.74) is 0.615. The molecule has 0 amide bonds. The first kappa shape index (κ1) is 14.9. The maximum atomic E-state index is 12.3. The number of hydrogen-bond donors (Lipinski definition) is 0. The Balaban J connectivity index is 1.97. The third kappa shape index (κ3) is 3.73. The summed E-state index contributed by atoms with van der Waals surface area (Å²) < 4.78 is 16.1. The summed E-state index contributed by atoms with van der Waals surface area (Å²) in [6.45, 7) is 0.824. The zero-order valence-electron chi connectivity index (χ0n) is 12.2. The van der Waals surface area contributed by atoms with E-state index >= 15 is 0 Å². The molecule has 0 spiro atoms. The van der Waals surface area contributed by atoms with Crippen LogP contribution in [-0.4, -0.2) is 32.7 Å². The molecule has 1 aromatic rings. The summed E-state index contributed by atoms with van der Waals surface area (Å²) in [6, 6.07) is 5.29. The number of benzene rings is 1. The van der Waals surface area contributed by atoms with Crippen LogP contribution in [0.4, 0.5) is 0 Å². The quantitative estimate of drug-likeness (QED) is 0.749. The highest BCUT2D eigenvalue weighted by atomic mass is 16.5. The minimum atomic E-state index is 0.0960. The van der Waals surface area contributed by atoms with Crippen LogP contribution in [-0.2, 0) is 4.74 Å². The number of Topliss-reactive ketones (excluding diaryl/α,β-unsaturated/α-hetero) is 1. The molecule has 1 aromatic carbocycles. The largest absolute Gasteiger partial charge is 0.497 e. The molecule has 4 heteroatoms. The summed E-state index contributed by atoms with van der Waals surface area (Å²) in [5.74, 6) is 1.35. The van der Waals surface area contributed by atoms with Gasteiger partial charge in [-0.2, -0.15) is 0 Å². The van der Waals surface area contributed by atoms with Crippen LogP contribution < -0.4 is 9.47 Å². The summed E-state index contributed by atoms with van der Waals surface area (Å²) in [7, 11) is 3.16. The third-order valence-electron chi connectivity index (χ3n) is 3.68. The monoisotopic (exact) mass is 278 g/mol. The number of rotatable bonds is 6. The van der Waals surface area contributed by atoms with E-state index in [1.165, 1.54) is 6.42 Å². The van der Waals surface area contributed by atoms with Gasteiger partial charge in [0.15, 0.2) is 5.78 Å². The topological polar surface area (TPSA) is 44.8 Å². The van der Waals surface area contributed by atoms with Crippen molar-refractivity contribution in [3.63, 3.8) is 0 Å². The molecule has 1 heterocycles. The molecular weight excluding hydrogens is 256 g/mol. The Labute approximate surface area is 120 Å². The maximum absolute atomic E-state index is 12.3. The lowest BCUT2D eigenvalue weighted by Gasteiger charge is -2.22. The van der Waals surface area contributed by atoms with Crippen LogP contribution in [0.15, 0.2) is 18.2 Å². The van der Waals surface area contributed by atoms with E-state index < -0.39 is 0 Å². The van der Waals surface area contributed by atoms with Crippen LogP contribution in [0.25, 0.3) is 0 Å². The van der Waals surface area contributed by atoms with Crippen molar-refractivity contribution in [2.45, 2.75) is 38.2 Å². The SMILES string of the molecule is COc1ccc(C(=O)CCC2CCCCO2)c(OC)c1. The predicted molar refractivity (Wildman–Crippen MR) is 76.7 cm³/mol. The Morgan fingerprint density at radius 3 is 2.80 bits per heavy atom. The van der Waals surface area contributed by atoms with E-state index in [4.69, 9.17) is 14.2 Å². The summed E-state index contributed by atoms with van der Waals surface area (Å²) in [6.07, 6.45) is 4.91. The first-order valence-electron chi connectivity index (χ1n) is 7.11. The fourth-order valence-corrected chi connectivity index (χ4v) is 2.49. The Morgan fingerprint density at radius 1 is 1.30 bits per heavy atom. The molecule has 0 saturated carbocycles. The van der Waals surface area contributed by atoms with Crippen LogP contribution in [0.1, 0.15) is 42.5 Å². The van der Waals surface area contributed by atoms with Gasteiger partial charge in [0.1, 0.15) is 11.5 Å². The van der Waals surface area contributed by atoms with Gasteiger partial charge in [0.25, 0.3) is 0 Å². The molecule has 1 saturated heterocycles. The van der Waals surface area contributed by atoms with Gasteiger partial charge in [0.2, 0.25) is 0 Å². The molecule has 0 bridgehead atoms. The van der Waals surface area contributed by atoms with Gasteiger partial charge in [0, 0.05) is 19.1 Å². The van der Waals surface area contributed by atoms with Gasteiger partial charge < -0.3 is 14.2 Å². The minimum Gasteiger partial charge on any atom is -0.497 e. The van der Waals surface area contributed by atoms with Gasteiger partial charge in [-0.1, -0.05) is 0 Å². The second-order valence-corrected chi connectivity index (χ2v) is 5.02. The van der Waals surface area contributed by atoms with Crippen molar-refractivity contribution >= 4 is 5.78 Å². The number of ketones is 1. The van der Waals surface area contributed by atoms with Crippen LogP contribution in [0.3, 0.4) is 0 Å². The number of carbonyl (C=O) groups is 1. The second kappa shape index (κ2) is 7.29. The van der Waals surface area contributed by atoms with Crippen molar-refractivity contribution < 1.29 is 19.0 Å². The van der Waals surface area contributed by atoms with Crippen molar-refractivity contribution in [3.8, 4) is 11.5 Å². The Bertz CT molecular complexity index is 450. The molecule has 1 aliphatic heterocycles. The van der Waals surface area contributed by atoms with Crippen molar-refractivity contribution in [2.75, 3.05) is 20.8 Å². The van der Waals surface area contributed by atoms with Gasteiger partial charge in [-0.25, -0.2) is 0 Å². The van der Waals surface area contributed by atoms with Gasteiger partial charge in [0.05, 0.1) is 25.9 Å². The molecule has 2 rings (SSSR count). The molecule has 110 valence electrons. The molecular formula is C16H22O4. The number of hydrogen-bond acceptors (Lipinski definition) is 4. The lowest BCUT2D eigenvalue weighted by molar-refractivity contribution is 0.0104. The fraction of sp³-hybridized carbons (Fsp3) is 0.562. The molecule has 1 aliphatic rings. The number of methoxy groups -OCH3 is 2. The zero-order valence-corrected chi connectivity index (χ0v) is 12.2. The van der Waals surface area contributed by atoms with E-state index in [1.54, 1.807) is 32.4 Å². The molecule has 4 nitrogen and oxygen atoms in total. The summed E-state index contributed by atoms with van der Waals surface area (Å²) >= 11 is 0. The molecule has 0 aliphatic carbocycles. The minimum absolute atomic E-state index is 0.0960. The fourth-order valence-electron chi connectivity index (χ4n) is 2.49. The third-order valence-corrected chi connectivity index (χ3v) is 3.68. The molecule has 1 fully saturated rings. The highest BCUT2D eigenvalue weighted by Crippen LogP contribution is 2.27. The van der Waals surface area contributed by atoms with E-state index in [2.05, 4.69) is 0 Å². The van der Waals surface area contributed by atoms with Gasteiger partial charge in [-0.15, -0.1) is 0 Å². The van der Waals surface area contributed by atoms with Crippen molar-refractivity contribution in [1.82, 2.24) is 0 Å². The van der Waals surface area contributed by atoms with Gasteiger partial charge in [-0.05, 0) is 37.8 Å². The van der Waals surface area contributed by atoms with E-state index in [-0.39, 0.29) is 11.9 Å². The molecule has 0 N–H and O–H groups in total. The average Bonchev–Trinajstić information content (AvgIpc) is 2.52. The van der Waals surface area contributed by atoms with E-state index in [1.807, 2.05) is 0 Å². The summed E-state index contributed by atoms with van der Waals surface area (Å²) in [4.78, 5) is 12.3. The Kier molecular flexibility index (Phi) is 5.41. The zero-order chi connectivity index (χ0) is 14.4. The lowest BCUT2D eigenvalue weighted by Crippen LogP contribution is -2.20. The number of carbonyl (C=O) groups excluding carboxylic acids is 1. The normalized spacial score (nSPS) is 18.6.